The SMILES string of the molecule is COC(=O)C1=C(c2ccc(OCCc3nc(-c4ccccc4)oc3C)cc2)CN(C(=O)OC(C)(C)C)C1. The summed E-state index contributed by atoms with van der Waals surface area (Å²) in [5.74, 6) is 1.61. The maximum Gasteiger partial charge on any atom is 0.410 e. The lowest BCUT2D eigenvalue weighted by Gasteiger charge is -2.24. The van der Waals surface area contributed by atoms with Crippen LogP contribution >= 0.6 is 0 Å². The van der Waals surface area contributed by atoms with Gasteiger partial charge in [0.2, 0.25) is 5.89 Å². The van der Waals surface area contributed by atoms with Crippen LogP contribution in [-0.2, 0) is 20.7 Å². The molecule has 37 heavy (non-hydrogen) atoms. The number of carbonyl (C=O) groups is 2. The molecule has 0 saturated heterocycles. The summed E-state index contributed by atoms with van der Waals surface area (Å²) in [6, 6.07) is 17.2. The quantitative estimate of drug-likeness (QED) is 0.395. The largest absolute Gasteiger partial charge is 0.493 e. The molecule has 1 aromatic heterocycles. The minimum absolute atomic E-state index is 0.136. The van der Waals surface area contributed by atoms with Crippen LogP contribution in [0.4, 0.5) is 4.79 Å². The Morgan fingerprint density at radius 2 is 1.70 bits per heavy atom. The number of hydrogen-bond donors (Lipinski definition) is 0. The second-order valence-electron chi connectivity index (χ2n) is 9.80. The molecular formula is C29H32N2O6. The minimum Gasteiger partial charge on any atom is -0.493 e. The zero-order valence-electron chi connectivity index (χ0n) is 21.9. The van der Waals surface area contributed by atoms with Crippen molar-refractivity contribution in [2.24, 2.45) is 0 Å². The number of hydrogen-bond acceptors (Lipinski definition) is 7. The number of nitrogens with zero attached hydrogens (tertiary/aromatic N) is 2. The van der Waals surface area contributed by atoms with Gasteiger partial charge in [0.25, 0.3) is 0 Å². The van der Waals surface area contributed by atoms with E-state index in [9.17, 15) is 9.59 Å². The Morgan fingerprint density at radius 3 is 2.35 bits per heavy atom. The highest BCUT2D eigenvalue weighted by molar-refractivity contribution is 6.01. The number of aromatic nitrogens is 1. The normalized spacial score (nSPS) is 13.6. The fraction of sp³-hybridized carbons (Fsp3) is 0.345. The van der Waals surface area contributed by atoms with Gasteiger partial charge in [-0.1, -0.05) is 30.3 Å². The Hall–Kier alpha value is -4.07. The number of oxazole rings is 1. The Bertz CT molecular complexity index is 1290. The molecule has 0 saturated carbocycles. The van der Waals surface area contributed by atoms with E-state index in [1.165, 1.54) is 12.0 Å². The first-order valence-electron chi connectivity index (χ1n) is 12.2. The fourth-order valence-corrected chi connectivity index (χ4v) is 4.04. The van der Waals surface area contributed by atoms with E-state index in [4.69, 9.17) is 18.6 Å². The third kappa shape index (κ3) is 6.39. The lowest BCUT2D eigenvalue weighted by molar-refractivity contribution is -0.136. The molecule has 2 heterocycles. The van der Waals surface area contributed by atoms with Crippen molar-refractivity contribution in [3.05, 3.63) is 77.2 Å². The molecule has 1 aliphatic heterocycles. The van der Waals surface area contributed by atoms with E-state index in [-0.39, 0.29) is 13.1 Å². The molecule has 0 unspecified atom stereocenters. The summed E-state index contributed by atoms with van der Waals surface area (Å²) in [5.41, 5.74) is 3.16. The van der Waals surface area contributed by atoms with Gasteiger partial charge < -0.3 is 18.6 Å². The molecule has 0 radical (unpaired) electrons. The smallest absolute Gasteiger partial charge is 0.410 e. The standard InChI is InChI=1S/C29H32N2O6/c1-19-25(30-26(36-19)21-9-7-6-8-10-21)15-16-35-22-13-11-20(12-14-22)23-17-31(18-24(23)27(32)34-5)28(33)37-29(2,3)4/h6-14H,15-18H2,1-5H3. The molecule has 194 valence electrons. The molecule has 0 bridgehead atoms. The number of rotatable bonds is 7. The molecule has 8 heteroatoms. The minimum atomic E-state index is -0.627. The van der Waals surface area contributed by atoms with Gasteiger partial charge in [-0.05, 0) is 63.1 Å². The molecule has 2 aromatic carbocycles. The Labute approximate surface area is 216 Å². The highest BCUT2D eigenvalue weighted by Crippen LogP contribution is 2.30. The van der Waals surface area contributed by atoms with Gasteiger partial charge in [-0.2, -0.15) is 0 Å². The predicted molar refractivity (Wildman–Crippen MR) is 139 cm³/mol. The summed E-state index contributed by atoms with van der Waals surface area (Å²) >= 11 is 0. The molecule has 0 N–H and O–H groups in total. The summed E-state index contributed by atoms with van der Waals surface area (Å²) in [7, 11) is 1.33. The number of benzene rings is 2. The third-order valence-electron chi connectivity index (χ3n) is 5.87. The van der Waals surface area contributed by atoms with Gasteiger partial charge in [-0.3, -0.25) is 4.90 Å². The van der Waals surface area contributed by atoms with Crippen LogP contribution in [0, 0.1) is 6.92 Å². The average molecular weight is 505 g/mol. The van der Waals surface area contributed by atoms with E-state index >= 15 is 0 Å². The molecule has 0 atom stereocenters. The first-order valence-corrected chi connectivity index (χ1v) is 12.2. The van der Waals surface area contributed by atoms with Crippen LogP contribution < -0.4 is 4.74 Å². The van der Waals surface area contributed by atoms with E-state index in [1.54, 1.807) is 20.8 Å². The van der Waals surface area contributed by atoms with Gasteiger partial charge in [0.05, 0.1) is 38.1 Å². The lowest BCUT2D eigenvalue weighted by Crippen LogP contribution is -2.36. The molecule has 1 aliphatic rings. The van der Waals surface area contributed by atoms with Crippen LogP contribution in [0.5, 0.6) is 5.75 Å². The van der Waals surface area contributed by atoms with E-state index in [0.717, 1.165) is 28.2 Å². The summed E-state index contributed by atoms with van der Waals surface area (Å²) in [5, 5.41) is 0. The maximum absolute atomic E-state index is 12.6. The van der Waals surface area contributed by atoms with Gasteiger partial charge in [0, 0.05) is 12.0 Å². The van der Waals surface area contributed by atoms with Crippen molar-refractivity contribution in [2.75, 3.05) is 26.8 Å². The van der Waals surface area contributed by atoms with Gasteiger partial charge in [0.1, 0.15) is 17.1 Å². The van der Waals surface area contributed by atoms with Crippen molar-refractivity contribution in [3.63, 3.8) is 0 Å². The van der Waals surface area contributed by atoms with Gasteiger partial charge in [-0.25, -0.2) is 14.6 Å². The van der Waals surface area contributed by atoms with Crippen molar-refractivity contribution in [1.82, 2.24) is 9.88 Å². The number of esters is 1. The van der Waals surface area contributed by atoms with Crippen molar-refractivity contribution in [2.45, 2.75) is 39.7 Å². The molecule has 0 aliphatic carbocycles. The van der Waals surface area contributed by atoms with Gasteiger partial charge in [0.15, 0.2) is 0 Å². The number of amides is 1. The number of carbonyl (C=O) groups excluding carboxylic acids is 2. The van der Waals surface area contributed by atoms with Crippen molar-refractivity contribution in [3.8, 4) is 17.2 Å². The molecular weight excluding hydrogens is 472 g/mol. The molecule has 1 amide bonds. The summed E-state index contributed by atoms with van der Waals surface area (Å²) in [4.78, 5) is 31.1. The Kier molecular flexibility index (Phi) is 7.66. The van der Waals surface area contributed by atoms with E-state index in [2.05, 4.69) is 4.98 Å². The Morgan fingerprint density at radius 1 is 1.00 bits per heavy atom. The van der Waals surface area contributed by atoms with Gasteiger partial charge >= 0.3 is 12.1 Å². The van der Waals surface area contributed by atoms with Crippen molar-refractivity contribution < 1.29 is 28.2 Å². The fourth-order valence-electron chi connectivity index (χ4n) is 4.04. The molecule has 0 fully saturated rings. The number of methoxy groups -OCH3 is 1. The van der Waals surface area contributed by atoms with Crippen LogP contribution in [0.2, 0.25) is 0 Å². The summed E-state index contributed by atoms with van der Waals surface area (Å²) in [6.45, 7) is 8.15. The van der Waals surface area contributed by atoms with Crippen LogP contribution in [0.3, 0.4) is 0 Å². The molecule has 8 nitrogen and oxygen atoms in total. The van der Waals surface area contributed by atoms with E-state index < -0.39 is 17.7 Å². The van der Waals surface area contributed by atoms with Crippen molar-refractivity contribution >= 4 is 17.6 Å². The first-order chi connectivity index (χ1) is 17.6. The number of aryl methyl sites for hydroxylation is 1. The zero-order valence-corrected chi connectivity index (χ0v) is 21.9. The van der Waals surface area contributed by atoms with Gasteiger partial charge in [-0.15, -0.1) is 0 Å². The average Bonchev–Trinajstić information content (AvgIpc) is 3.48. The highest BCUT2D eigenvalue weighted by atomic mass is 16.6. The predicted octanol–water partition coefficient (Wildman–Crippen LogP) is 5.45. The maximum atomic E-state index is 12.6. The van der Waals surface area contributed by atoms with E-state index in [1.807, 2.05) is 61.5 Å². The van der Waals surface area contributed by atoms with E-state index in [0.29, 0.717) is 30.2 Å². The van der Waals surface area contributed by atoms with Crippen LogP contribution in [0.25, 0.3) is 17.0 Å². The van der Waals surface area contributed by atoms with Crippen LogP contribution in [-0.4, -0.2) is 54.4 Å². The molecule has 3 aromatic rings. The summed E-state index contributed by atoms with van der Waals surface area (Å²) in [6.07, 6.45) is 0.134. The highest BCUT2D eigenvalue weighted by Gasteiger charge is 2.33. The molecule has 4 rings (SSSR count). The number of ether oxygens (including phenoxy) is 3. The topological polar surface area (TPSA) is 91.1 Å². The molecule has 0 spiro atoms. The third-order valence-corrected chi connectivity index (χ3v) is 5.87. The summed E-state index contributed by atoms with van der Waals surface area (Å²) < 4.78 is 22.2. The first kappa shape index (κ1) is 26.0. The second kappa shape index (κ2) is 10.9. The lowest BCUT2D eigenvalue weighted by atomic mass is 10.0. The second-order valence-corrected chi connectivity index (χ2v) is 9.80. The van der Waals surface area contributed by atoms with Crippen LogP contribution in [0.1, 0.15) is 37.8 Å². The zero-order chi connectivity index (χ0) is 26.6. The van der Waals surface area contributed by atoms with Crippen LogP contribution in [0.15, 0.2) is 64.6 Å². The monoisotopic (exact) mass is 504 g/mol. The van der Waals surface area contributed by atoms with Crippen molar-refractivity contribution in [1.29, 1.82) is 0 Å². The Balaban J connectivity index is 1.40.